The summed E-state index contributed by atoms with van der Waals surface area (Å²) in [6.45, 7) is 0.698. The van der Waals surface area contributed by atoms with Crippen molar-refractivity contribution in [1.82, 2.24) is 4.98 Å². The lowest BCUT2D eigenvalue weighted by Crippen LogP contribution is -2.01. The van der Waals surface area contributed by atoms with Crippen molar-refractivity contribution in [2.24, 2.45) is 0 Å². The van der Waals surface area contributed by atoms with Crippen LogP contribution in [0.15, 0.2) is 30.5 Å². The Morgan fingerprint density at radius 3 is 2.76 bits per heavy atom. The summed E-state index contributed by atoms with van der Waals surface area (Å²) in [5, 5.41) is 11.0. The van der Waals surface area contributed by atoms with E-state index in [-0.39, 0.29) is 29.3 Å². The summed E-state index contributed by atoms with van der Waals surface area (Å²) >= 11 is 0. The molecule has 2 rings (SSSR count). The second-order valence-electron chi connectivity index (χ2n) is 4.32. The van der Waals surface area contributed by atoms with Crippen molar-refractivity contribution in [2.75, 3.05) is 13.3 Å². The number of alkyl halides is 1. The van der Waals surface area contributed by atoms with Gasteiger partial charge in [-0.25, -0.2) is 13.8 Å². The third kappa shape index (κ3) is 3.31. The molecule has 7 heteroatoms. The van der Waals surface area contributed by atoms with Gasteiger partial charge in [-0.05, 0) is 30.7 Å². The molecule has 0 bridgehead atoms. The third-order valence-corrected chi connectivity index (χ3v) is 2.74. The molecule has 1 aromatic heterocycles. The summed E-state index contributed by atoms with van der Waals surface area (Å²) in [7, 11) is 0. The lowest BCUT2D eigenvalue weighted by atomic mass is 10.1. The second kappa shape index (κ2) is 6.25. The molecule has 1 aromatic carbocycles. The highest BCUT2D eigenvalue weighted by atomic mass is 19.1. The molecule has 0 aliphatic carbocycles. The monoisotopic (exact) mass is 294 g/mol. The SMILES string of the molecule is Cc1cnc(-c2ccc(OCCF)c(F)c2)c([N+](=O)[O-])c1. The van der Waals surface area contributed by atoms with Gasteiger partial charge < -0.3 is 4.74 Å². The molecule has 0 radical (unpaired) electrons. The average Bonchev–Trinajstić information content (AvgIpc) is 2.46. The van der Waals surface area contributed by atoms with Gasteiger partial charge in [0.1, 0.15) is 19.0 Å². The maximum absolute atomic E-state index is 13.8. The molecule has 0 saturated heterocycles. The Balaban J connectivity index is 2.43. The summed E-state index contributed by atoms with van der Waals surface area (Å²) in [5.41, 5.74) is 0.758. The van der Waals surface area contributed by atoms with Crippen LogP contribution >= 0.6 is 0 Å². The van der Waals surface area contributed by atoms with Crippen LogP contribution in [0.2, 0.25) is 0 Å². The van der Waals surface area contributed by atoms with E-state index in [4.69, 9.17) is 4.74 Å². The summed E-state index contributed by atoms with van der Waals surface area (Å²) in [6, 6.07) is 5.19. The first-order valence-corrected chi connectivity index (χ1v) is 6.12. The minimum absolute atomic E-state index is 0.0709. The van der Waals surface area contributed by atoms with E-state index in [2.05, 4.69) is 4.98 Å². The van der Waals surface area contributed by atoms with Crippen LogP contribution in [0.1, 0.15) is 5.56 Å². The van der Waals surface area contributed by atoms with E-state index < -0.39 is 17.4 Å². The van der Waals surface area contributed by atoms with E-state index in [0.29, 0.717) is 5.56 Å². The predicted octanol–water partition coefficient (Wildman–Crippen LogP) is 3.45. The molecule has 1 heterocycles. The molecule has 21 heavy (non-hydrogen) atoms. The van der Waals surface area contributed by atoms with Crippen molar-refractivity contribution in [3.63, 3.8) is 0 Å². The molecule has 5 nitrogen and oxygen atoms in total. The van der Waals surface area contributed by atoms with Gasteiger partial charge in [0.2, 0.25) is 0 Å². The molecule has 0 saturated carbocycles. The molecular formula is C14H12F2N2O3. The fourth-order valence-electron chi connectivity index (χ4n) is 1.83. The first kappa shape index (κ1) is 14.8. The number of benzene rings is 1. The Bertz CT molecular complexity index is 677. The number of pyridine rings is 1. The molecule has 0 atom stereocenters. The average molecular weight is 294 g/mol. The van der Waals surface area contributed by atoms with Gasteiger partial charge in [0.05, 0.1) is 4.92 Å². The highest BCUT2D eigenvalue weighted by molar-refractivity contribution is 5.70. The zero-order valence-electron chi connectivity index (χ0n) is 11.2. The van der Waals surface area contributed by atoms with E-state index in [1.807, 2.05) is 0 Å². The summed E-state index contributed by atoms with van der Waals surface area (Å²) in [4.78, 5) is 14.5. The second-order valence-corrected chi connectivity index (χ2v) is 4.32. The Hall–Kier alpha value is -2.57. The van der Waals surface area contributed by atoms with Gasteiger partial charge in [0.25, 0.3) is 5.69 Å². The number of ether oxygens (including phenoxy) is 1. The topological polar surface area (TPSA) is 65.3 Å². The Labute approximate surface area is 119 Å². The van der Waals surface area contributed by atoms with Crippen LogP contribution in [0.25, 0.3) is 11.3 Å². The minimum atomic E-state index is -0.730. The number of hydrogen-bond donors (Lipinski definition) is 0. The normalized spacial score (nSPS) is 10.4. The van der Waals surface area contributed by atoms with E-state index in [9.17, 15) is 18.9 Å². The number of aryl methyl sites for hydroxylation is 1. The zero-order chi connectivity index (χ0) is 15.4. The fourth-order valence-corrected chi connectivity index (χ4v) is 1.83. The van der Waals surface area contributed by atoms with E-state index >= 15 is 0 Å². The molecule has 0 N–H and O–H groups in total. The van der Waals surface area contributed by atoms with Gasteiger partial charge in [-0.15, -0.1) is 0 Å². The first-order valence-electron chi connectivity index (χ1n) is 6.12. The highest BCUT2D eigenvalue weighted by Gasteiger charge is 2.18. The van der Waals surface area contributed by atoms with E-state index in [1.54, 1.807) is 6.92 Å². The standard InChI is InChI=1S/C14H12F2N2O3/c1-9-6-12(18(19)20)14(17-8-9)10-2-3-13(11(16)7-10)21-5-4-15/h2-3,6-8H,4-5H2,1H3. The molecule has 110 valence electrons. The van der Waals surface area contributed by atoms with Crippen LogP contribution in [0.5, 0.6) is 5.75 Å². The maximum Gasteiger partial charge on any atom is 0.295 e. The smallest absolute Gasteiger partial charge is 0.295 e. The van der Waals surface area contributed by atoms with E-state index in [1.165, 1.54) is 24.4 Å². The van der Waals surface area contributed by atoms with Gasteiger partial charge in [-0.1, -0.05) is 0 Å². The Morgan fingerprint density at radius 1 is 1.38 bits per heavy atom. The van der Waals surface area contributed by atoms with Gasteiger partial charge in [-0.3, -0.25) is 10.1 Å². The quantitative estimate of drug-likeness (QED) is 0.625. The predicted molar refractivity (Wildman–Crippen MR) is 72.5 cm³/mol. The van der Waals surface area contributed by atoms with Crippen molar-refractivity contribution in [3.05, 3.63) is 52.0 Å². The minimum Gasteiger partial charge on any atom is -0.488 e. The molecule has 0 amide bonds. The molecule has 0 fully saturated rings. The van der Waals surface area contributed by atoms with Crippen molar-refractivity contribution < 1.29 is 18.4 Å². The van der Waals surface area contributed by atoms with Crippen molar-refractivity contribution >= 4 is 5.69 Å². The third-order valence-electron chi connectivity index (χ3n) is 2.74. The zero-order valence-corrected chi connectivity index (χ0v) is 11.2. The number of rotatable bonds is 5. The summed E-state index contributed by atoms with van der Waals surface area (Å²) in [5.74, 6) is -0.830. The molecule has 0 unspecified atom stereocenters. The van der Waals surface area contributed by atoms with Crippen LogP contribution in [0.4, 0.5) is 14.5 Å². The van der Waals surface area contributed by atoms with E-state index in [0.717, 1.165) is 6.07 Å². The van der Waals surface area contributed by atoms with Crippen LogP contribution < -0.4 is 4.74 Å². The Kier molecular flexibility index (Phi) is 4.42. The molecule has 0 spiro atoms. The first-order chi connectivity index (χ1) is 10.0. The largest absolute Gasteiger partial charge is 0.488 e. The molecular weight excluding hydrogens is 282 g/mol. The molecule has 2 aromatic rings. The van der Waals surface area contributed by atoms with Gasteiger partial charge in [0.15, 0.2) is 11.6 Å². The number of nitro groups is 1. The van der Waals surface area contributed by atoms with Crippen LogP contribution in [0, 0.1) is 22.9 Å². The number of aromatic nitrogens is 1. The lowest BCUT2D eigenvalue weighted by molar-refractivity contribution is -0.384. The lowest BCUT2D eigenvalue weighted by Gasteiger charge is -2.07. The number of halogens is 2. The van der Waals surface area contributed by atoms with Crippen molar-refractivity contribution in [1.29, 1.82) is 0 Å². The van der Waals surface area contributed by atoms with Crippen LogP contribution in [0.3, 0.4) is 0 Å². The molecule has 0 aliphatic heterocycles. The van der Waals surface area contributed by atoms with Crippen LogP contribution in [-0.2, 0) is 0 Å². The summed E-state index contributed by atoms with van der Waals surface area (Å²) < 4.78 is 30.7. The number of nitrogens with zero attached hydrogens (tertiary/aromatic N) is 2. The van der Waals surface area contributed by atoms with Crippen LogP contribution in [-0.4, -0.2) is 23.2 Å². The van der Waals surface area contributed by atoms with Gasteiger partial charge >= 0.3 is 0 Å². The summed E-state index contributed by atoms with van der Waals surface area (Å²) in [6.07, 6.45) is 1.47. The molecule has 0 aliphatic rings. The van der Waals surface area contributed by atoms with Crippen molar-refractivity contribution in [2.45, 2.75) is 6.92 Å². The Morgan fingerprint density at radius 2 is 2.14 bits per heavy atom. The number of hydrogen-bond acceptors (Lipinski definition) is 4. The van der Waals surface area contributed by atoms with Gasteiger partial charge in [0, 0.05) is 17.8 Å². The highest BCUT2D eigenvalue weighted by Crippen LogP contribution is 2.31. The van der Waals surface area contributed by atoms with Crippen molar-refractivity contribution in [3.8, 4) is 17.0 Å². The maximum atomic E-state index is 13.8. The van der Waals surface area contributed by atoms with Gasteiger partial charge in [-0.2, -0.15) is 0 Å². The fraction of sp³-hybridized carbons (Fsp3) is 0.214.